The molecule has 112 valence electrons. The molecular weight excluding hydrogens is 254 g/mol. The van der Waals surface area contributed by atoms with Crippen LogP contribution in [0.3, 0.4) is 0 Å². The molecule has 0 spiro atoms. The van der Waals surface area contributed by atoms with E-state index in [0.29, 0.717) is 12.1 Å². The predicted octanol–water partition coefficient (Wildman–Crippen LogP) is 2.32. The number of methoxy groups -OCH3 is 3. The van der Waals surface area contributed by atoms with Crippen molar-refractivity contribution in [2.75, 3.05) is 34.5 Å². The number of benzene rings is 1. The lowest BCUT2D eigenvalue weighted by molar-refractivity contribution is 0.0580. The smallest absolute Gasteiger partial charge is 0.118 e. The van der Waals surface area contributed by atoms with Crippen LogP contribution in [0.1, 0.15) is 18.4 Å². The van der Waals surface area contributed by atoms with E-state index in [4.69, 9.17) is 14.2 Å². The van der Waals surface area contributed by atoms with Crippen LogP contribution in [0.15, 0.2) is 24.3 Å². The average molecular weight is 279 g/mol. The van der Waals surface area contributed by atoms with E-state index in [0.717, 1.165) is 25.5 Å². The highest BCUT2D eigenvalue weighted by Gasteiger charge is 2.33. The zero-order valence-electron chi connectivity index (χ0n) is 12.7. The molecule has 1 aliphatic heterocycles. The van der Waals surface area contributed by atoms with Crippen molar-refractivity contribution in [1.82, 2.24) is 4.90 Å². The molecule has 0 bridgehead atoms. The van der Waals surface area contributed by atoms with E-state index < -0.39 is 0 Å². The van der Waals surface area contributed by atoms with E-state index >= 15 is 0 Å². The summed E-state index contributed by atoms with van der Waals surface area (Å²) in [6.07, 6.45) is 2.36. The molecule has 0 aromatic heterocycles. The Kier molecular flexibility index (Phi) is 5.83. The van der Waals surface area contributed by atoms with Gasteiger partial charge in [0.2, 0.25) is 0 Å². The van der Waals surface area contributed by atoms with Crippen LogP contribution in [0.25, 0.3) is 0 Å². The van der Waals surface area contributed by atoms with E-state index in [1.807, 2.05) is 12.1 Å². The molecule has 2 rings (SSSR count). The fraction of sp³-hybridized carbons (Fsp3) is 0.625. The van der Waals surface area contributed by atoms with Crippen molar-refractivity contribution in [3.63, 3.8) is 0 Å². The van der Waals surface area contributed by atoms with Crippen LogP contribution in [-0.4, -0.2) is 51.5 Å². The lowest BCUT2D eigenvalue weighted by Gasteiger charge is -2.29. The SMILES string of the molecule is COC[C@H]1CC[C@H](COC)N1Cc1ccc(OC)cc1. The average Bonchev–Trinajstić information content (AvgIpc) is 2.83. The first-order chi connectivity index (χ1) is 9.78. The molecule has 4 heteroatoms. The Morgan fingerprint density at radius 3 is 1.95 bits per heavy atom. The molecule has 20 heavy (non-hydrogen) atoms. The summed E-state index contributed by atoms with van der Waals surface area (Å²) < 4.78 is 15.9. The van der Waals surface area contributed by atoms with Gasteiger partial charge in [0.15, 0.2) is 0 Å². The summed E-state index contributed by atoms with van der Waals surface area (Å²) in [6.45, 7) is 2.51. The van der Waals surface area contributed by atoms with E-state index in [1.54, 1.807) is 21.3 Å². The summed E-state index contributed by atoms with van der Waals surface area (Å²) in [7, 11) is 5.24. The number of likely N-dealkylation sites (tertiary alicyclic amines) is 1. The molecule has 0 unspecified atom stereocenters. The largest absolute Gasteiger partial charge is 0.497 e. The fourth-order valence-corrected chi connectivity index (χ4v) is 2.96. The van der Waals surface area contributed by atoms with Gasteiger partial charge in [-0.25, -0.2) is 0 Å². The third-order valence-electron chi connectivity index (χ3n) is 4.01. The van der Waals surface area contributed by atoms with E-state index in [2.05, 4.69) is 17.0 Å². The molecule has 1 saturated heterocycles. The summed E-state index contributed by atoms with van der Waals surface area (Å²) in [5.74, 6) is 0.900. The zero-order chi connectivity index (χ0) is 14.4. The Hall–Kier alpha value is -1.10. The maximum atomic E-state index is 5.35. The Balaban J connectivity index is 2.04. The highest BCUT2D eigenvalue weighted by molar-refractivity contribution is 5.27. The quantitative estimate of drug-likeness (QED) is 0.766. The fourth-order valence-electron chi connectivity index (χ4n) is 2.96. The van der Waals surface area contributed by atoms with Gasteiger partial charge in [-0.05, 0) is 30.5 Å². The van der Waals surface area contributed by atoms with Crippen molar-refractivity contribution < 1.29 is 14.2 Å². The lowest BCUT2D eigenvalue weighted by Crippen LogP contribution is -2.40. The molecule has 1 heterocycles. The molecule has 1 aliphatic rings. The molecule has 0 aliphatic carbocycles. The molecule has 0 amide bonds. The van der Waals surface area contributed by atoms with E-state index in [1.165, 1.54) is 18.4 Å². The molecule has 1 fully saturated rings. The first-order valence-corrected chi connectivity index (χ1v) is 7.15. The van der Waals surface area contributed by atoms with Crippen LogP contribution in [0.5, 0.6) is 5.75 Å². The number of rotatable bonds is 7. The van der Waals surface area contributed by atoms with Crippen molar-refractivity contribution in [1.29, 1.82) is 0 Å². The molecule has 0 N–H and O–H groups in total. The van der Waals surface area contributed by atoms with Crippen molar-refractivity contribution in [3.05, 3.63) is 29.8 Å². The Morgan fingerprint density at radius 1 is 0.950 bits per heavy atom. The third-order valence-corrected chi connectivity index (χ3v) is 4.01. The van der Waals surface area contributed by atoms with Gasteiger partial charge in [-0.15, -0.1) is 0 Å². The van der Waals surface area contributed by atoms with Crippen LogP contribution < -0.4 is 4.74 Å². The highest BCUT2D eigenvalue weighted by atomic mass is 16.5. The Bertz CT molecular complexity index is 379. The molecule has 1 aromatic rings. The number of hydrogen-bond acceptors (Lipinski definition) is 4. The van der Waals surface area contributed by atoms with E-state index in [-0.39, 0.29) is 0 Å². The van der Waals surface area contributed by atoms with Gasteiger partial charge < -0.3 is 14.2 Å². The van der Waals surface area contributed by atoms with Crippen LogP contribution in [0.4, 0.5) is 0 Å². The Morgan fingerprint density at radius 2 is 1.50 bits per heavy atom. The lowest BCUT2D eigenvalue weighted by atomic mass is 10.1. The van der Waals surface area contributed by atoms with Crippen molar-refractivity contribution in [2.24, 2.45) is 0 Å². The minimum absolute atomic E-state index is 0.488. The van der Waals surface area contributed by atoms with Gasteiger partial charge in [0.1, 0.15) is 5.75 Å². The van der Waals surface area contributed by atoms with Gasteiger partial charge in [-0.3, -0.25) is 4.90 Å². The number of ether oxygens (including phenoxy) is 3. The molecule has 2 atom stereocenters. The van der Waals surface area contributed by atoms with Crippen LogP contribution >= 0.6 is 0 Å². The summed E-state index contributed by atoms with van der Waals surface area (Å²) in [5.41, 5.74) is 1.30. The monoisotopic (exact) mass is 279 g/mol. The molecule has 0 radical (unpaired) electrons. The second-order valence-electron chi connectivity index (χ2n) is 5.32. The van der Waals surface area contributed by atoms with Crippen LogP contribution in [-0.2, 0) is 16.0 Å². The summed E-state index contributed by atoms with van der Waals surface area (Å²) in [4.78, 5) is 2.51. The van der Waals surface area contributed by atoms with Crippen molar-refractivity contribution in [3.8, 4) is 5.75 Å². The Labute approximate surface area is 121 Å². The summed E-state index contributed by atoms with van der Waals surface area (Å²) >= 11 is 0. The number of nitrogens with zero attached hydrogens (tertiary/aromatic N) is 1. The maximum Gasteiger partial charge on any atom is 0.118 e. The second kappa shape index (κ2) is 7.62. The molecule has 1 aromatic carbocycles. The highest BCUT2D eigenvalue weighted by Crippen LogP contribution is 2.27. The van der Waals surface area contributed by atoms with Gasteiger partial charge in [0.25, 0.3) is 0 Å². The maximum absolute atomic E-state index is 5.35. The van der Waals surface area contributed by atoms with Gasteiger partial charge in [-0.2, -0.15) is 0 Å². The first-order valence-electron chi connectivity index (χ1n) is 7.15. The standard InChI is InChI=1S/C16H25NO3/c1-18-11-14-6-7-15(12-19-2)17(14)10-13-4-8-16(20-3)9-5-13/h4-5,8-9,14-15H,6-7,10-12H2,1-3H3/t14-,15-/m1/s1. The van der Waals surface area contributed by atoms with E-state index in [9.17, 15) is 0 Å². The minimum Gasteiger partial charge on any atom is -0.497 e. The van der Waals surface area contributed by atoms with Gasteiger partial charge in [0.05, 0.1) is 20.3 Å². The van der Waals surface area contributed by atoms with Gasteiger partial charge >= 0.3 is 0 Å². The predicted molar refractivity (Wildman–Crippen MR) is 79.1 cm³/mol. The minimum atomic E-state index is 0.488. The zero-order valence-corrected chi connectivity index (χ0v) is 12.7. The third kappa shape index (κ3) is 3.72. The van der Waals surface area contributed by atoms with Crippen LogP contribution in [0, 0.1) is 0 Å². The first kappa shape index (κ1) is 15.3. The van der Waals surface area contributed by atoms with Gasteiger partial charge in [0, 0.05) is 32.8 Å². The topological polar surface area (TPSA) is 30.9 Å². The molecule has 4 nitrogen and oxygen atoms in total. The van der Waals surface area contributed by atoms with Crippen molar-refractivity contribution >= 4 is 0 Å². The number of hydrogen-bond donors (Lipinski definition) is 0. The molecular formula is C16H25NO3. The molecule has 0 saturated carbocycles. The summed E-state index contributed by atoms with van der Waals surface area (Å²) in [5, 5.41) is 0. The van der Waals surface area contributed by atoms with Crippen LogP contribution in [0.2, 0.25) is 0 Å². The summed E-state index contributed by atoms with van der Waals surface area (Å²) in [6, 6.07) is 9.27. The van der Waals surface area contributed by atoms with Crippen molar-refractivity contribution in [2.45, 2.75) is 31.5 Å². The second-order valence-corrected chi connectivity index (χ2v) is 5.32. The normalized spacial score (nSPS) is 23.1. The van der Waals surface area contributed by atoms with Gasteiger partial charge in [-0.1, -0.05) is 12.1 Å².